The molecule has 83 heavy (non-hydrogen) atoms. The van der Waals surface area contributed by atoms with Gasteiger partial charge in [-0.15, -0.1) is 23.8 Å². The number of hydrogen-bond donors (Lipinski definition) is 0. The molecule has 5 heterocycles. The summed E-state index contributed by atoms with van der Waals surface area (Å²) in [6.07, 6.45) is 0. The van der Waals surface area contributed by atoms with Gasteiger partial charge in [-0.3, -0.25) is 9.97 Å². The van der Waals surface area contributed by atoms with Crippen LogP contribution in [0.25, 0.3) is 122 Å². The van der Waals surface area contributed by atoms with Gasteiger partial charge in [0.05, 0.1) is 39.3 Å². The summed E-state index contributed by atoms with van der Waals surface area (Å²) in [5, 5.41) is 2.56. The largest absolute Gasteiger partial charge is 2.00 e. The molecule has 0 atom stereocenters. The molecule has 14 rings (SSSR count). The minimum absolute atomic E-state index is 0. The fourth-order valence-electron chi connectivity index (χ4n) is 12.2. The molecular formula is C74H61N5O3Pt. The number of imidazole rings is 2. The third-order valence-electron chi connectivity index (χ3n) is 16.2. The van der Waals surface area contributed by atoms with Crippen LogP contribution < -0.4 is 4.74 Å². The van der Waals surface area contributed by atoms with Crippen molar-refractivity contribution in [3.8, 4) is 67.9 Å². The van der Waals surface area contributed by atoms with Crippen LogP contribution in [0.4, 0.5) is 0 Å². The predicted molar refractivity (Wildman–Crippen MR) is 335 cm³/mol. The number of hydrogen-bond acceptors (Lipinski definition) is 6. The molecule has 14 aromatic rings. The summed E-state index contributed by atoms with van der Waals surface area (Å²) in [6, 6.07) is 71.2. The van der Waals surface area contributed by atoms with E-state index in [0.717, 1.165) is 77.8 Å². The van der Waals surface area contributed by atoms with Gasteiger partial charge < -0.3 is 22.7 Å². The van der Waals surface area contributed by atoms with Crippen molar-refractivity contribution in [3.63, 3.8) is 0 Å². The van der Waals surface area contributed by atoms with E-state index in [1.165, 1.54) is 44.5 Å². The van der Waals surface area contributed by atoms with Crippen molar-refractivity contribution >= 4 is 66.1 Å². The van der Waals surface area contributed by atoms with Gasteiger partial charge in [0.1, 0.15) is 11.1 Å². The number of para-hydroxylation sites is 5. The fraction of sp³-hybridized carbons (Fsp3) is 0.176. The van der Waals surface area contributed by atoms with E-state index in [1.54, 1.807) is 0 Å². The summed E-state index contributed by atoms with van der Waals surface area (Å²) in [6.45, 7) is 20.3. The SMILES string of the molecule is Cc1nc2c3ccccc3oc2c2oc3c(-c4nc5ccccc5n4-c4c(C(C)C)cc(-c5ccccc5)cc4C(C)C)[c-]c(Oc4[c-]c(-c5nc6ccccc6n5-c5c(C(C)C)cc(-c6ccccc6)cc5C(C)C)ccc4)cc3c12.[Pt+2]. The zero-order valence-electron chi connectivity index (χ0n) is 47.9. The first-order valence-corrected chi connectivity index (χ1v) is 28.6. The first kappa shape index (κ1) is 53.5. The average molecular weight is 1260 g/mol. The number of aryl methyl sites for hydroxylation is 1. The number of rotatable bonds is 12. The van der Waals surface area contributed by atoms with Gasteiger partial charge >= 0.3 is 21.1 Å². The van der Waals surface area contributed by atoms with Crippen molar-refractivity contribution in [2.45, 2.75) is 86.0 Å². The van der Waals surface area contributed by atoms with E-state index in [9.17, 15) is 0 Å². The third-order valence-corrected chi connectivity index (χ3v) is 16.2. The van der Waals surface area contributed by atoms with Crippen molar-refractivity contribution in [2.75, 3.05) is 0 Å². The van der Waals surface area contributed by atoms with Crippen LogP contribution in [0.5, 0.6) is 11.5 Å². The molecule has 0 radical (unpaired) electrons. The van der Waals surface area contributed by atoms with Crippen LogP contribution in [0.3, 0.4) is 0 Å². The topological polar surface area (TPSA) is 84.0 Å². The Morgan fingerprint density at radius 1 is 0.434 bits per heavy atom. The van der Waals surface area contributed by atoms with Crippen molar-refractivity contribution in [2.24, 2.45) is 0 Å². The molecule has 5 aromatic heterocycles. The van der Waals surface area contributed by atoms with Gasteiger partial charge in [-0.1, -0.05) is 176 Å². The Bertz CT molecular complexity index is 4750. The zero-order valence-corrected chi connectivity index (χ0v) is 50.2. The standard InChI is InChI=1S/C74H61N5O3.Pt/c1-42(2)55-36-50(47-23-12-10-13-24-47)37-56(43(3)4)68(55)78-63-32-19-17-30-61(63)76-73(78)49-27-22-28-52(35-49)80-53-40-59-66-46(9)75-67-54-29-16-21-34-65(54)81-72(67)71(66)82-70(59)60(41-53)74-77-62-31-18-20-33-64(62)79(74)69-57(44(5)6)38-51(39-58(69)45(7)8)48-25-14-11-15-26-48;/h10-34,36-40,42-45H,1-9H3;/q-2;+2. The van der Waals surface area contributed by atoms with Gasteiger partial charge in [-0.25, -0.2) is 4.98 Å². The second-order valence-corrected chi connectivity index (χ2v) is 22.9. The Kier molecular flexibility index (Phi) is 13.6. The van der Waals surface area contributed by atoms with Crippen LogP contribution in [0.15, 0.2) is 191 Å². The molecule has 0 spiro atoms. The maximum Gasteiger partial charge on any atom is 2.00 e. The molecule has 0 aliphatic rings. The minimum Gasteiger partial charge on any atom is -0.497 e. The summed E-state index contributed by atoms with van der Waals surface area (Å²) >= 11 is 0. The molecule has 9 heteroatoms. The summed E-state index contributed by atoms with van der Waals surface area (Å²) in [4.78, 5) is 16.2. The number of furan rings is 2. The van der Waals surface area contributed by atoms with Crippen molar-refractivity contribution < 1.29 is 34.6 Å². The van der Waals surface area contributed by atoms with Crippen molar-refractivity contribution in [3.05, 3.63) is 222 Å². The van der Waals surface area contributed by atoms with E-state index in [4.69, 9.17) is 28.5 Å². The van der Waals surface area contributed by atoms with E-state index in [1.807, 2.05) is 55.5 Å². The zero-order chi connectivity index (χ0) is 56.1. The molecule has 0 N–H and O–H groups in total. The maximum absolute atomic E-state index is 7.24. The van der Waals surface area contributed by atoms with Crippen LogP contribution in [0.2, 0.25) is 0 Å². The third kappa shape index (κ3) is 9.06. The van der Waals surface area contributed by atoms with E-state index in [-0.39, 0.29) is 44.7 Å². The molecule has 0 aliphatic carbocycles. The Labute approximate surface area is 497 Å². The molecule has 9 aromatic carbocycles. The summed E-state index contributed by atoms with van der Waals surface area (Å²) in [5.74, 6) is 3.14. The smallest absolute Gasteiger partial charge is 0.497 e. The van der Waals surface area contributed by atoms with Crippen LogP contribution in [-0.2, 0) is 21.1 Å². The number of fused-ring (bicyclic) bond motifs is 9. The normalized spacial score (nSPS) is 12.0. The predicted octanol–water partition coefficient (Wildman–Crippen LogP) is 20.4. The van der Waals surface area contributed by atoms with Gasteiger partial charge in [0.15, 0.2) is 11.2 Å². The van der Waals surface area contributed by atoms with Gasteiger partial charge in [-0.05, 0) is 141 Å². The second kappa shape index (κ2) is 21.2. The molecule has 0 aliphatic heterocycles. The van der Waals surface area contributed by atoms with Crippen LogP contribution in [-0.4, -0.2) is 24.1 Å². The molecule has 0 fully saturated rings. The Morgan fingerprint density at radius 2 is 0.940 bits per heavy atom. The monoisotopic (exact) mass is 1260 g/mol. The van der Waals surface area contributed by atoms with Crippen LogP contribution >= 0.6 is 0 Å². The quantitative estimate of drug-likeness (QED) is 0.113. The van der Waals surface area contributed by atoms with E-state index >= 15 is 0 Å². The van der Waals surface area contributed by atoms with Crippen molar-refractivity contribution in [1.82, 2.24) is 24.1 Å². The first-order chi connectivity index (χ1) is 39.9. The van der Waals surface area contributed by atoms with E-state index < -0.39 is 0 Å². The van der Waals surface area contributed by atoms with Gasteiger partial charge in [0, 0.05) is 39.3 Å². The van der Waals surface area contributed by atoms with Crippen LogP contribution in [0.1, 0.15) is 107 Å². The molecule has 0 saturated heterocycles. The summed E-state index contributed by atoms with van der Waals surface area (Å²) < 4.78 is 25.7. The molecule has 410 valence electrons. The van der Waals surface area contributed by atoms with Gasteiger partial charge in [-0.2, -0.15) is 0 Å². The second-order valence-electron chi connectivity index (χ2n) is 22.9. The Balaban J connectivity index is 0.00000645. The molecule has 0 amide bonds. The van der Waals surface area contributed by atoms with Gasteiger partial charge in [0.25, 0.3) is 0 Å². The molecule has 0 saturated carbocycles. The fourth-order valence-corrected chi connectivity index (χ4v) is 12.2. The average Bonchev–Trinajstić information content (AvgIpc) is 1.99. The Morgan fingerprint density at radius 3 is 1.51 bits per heavy atom. The maximum atomic E-state index is 7.24. The van der Waals surface area contributed by atoms with E-state index in [2.05, 4.69) is 210 Å². The molecule has 0 bridgehead atoms. The molecule has 8 nitrogen and oxygen atoms in total. The number of aromatic nitrogens is 5. The van der Waals surface area contributed by atoms with Crippen LogP contribution in [0, 0.1) is 19.1 Å². The number of pyridine rings is 1. The molecule has 0 unspecified atom stereocenters. The van der Waals surface area contributed by atoms with Gasteiger partial charge in [0.2, 0.25) is 0 Å². The van der Waals surface area contributed by atoms with Crippen molar-refractivity contribution in [1.29, 1.82) is 0 Å². The Hall–Kier alpha value is -8.84. The number of benzene rings is 9. The number of ether oxygens (including phenoxy) is 1. The first-order valence-electron chi connectivity index (χ1n) is 28.6. The molecular weight excluding hydrogens is 1200 g/mol. The summed E-state index contributed by atoms with van der Waals surface area (Å²) in [7, 11) is 0. The van der Waals surface area contributed by atoms with E-state index in [0.29, 0.717) is 39.6 Å². The minimum atomic E-state index is 0. The summed E-state index contributed by atoms with van der Waals surface area (Å²) in [5.41, 5.74) is 21.1. The number of nitrogens with zero attached hydrogens (tertiary/aromatic N) is 5.